The maximum absolute atomic E-state index is 12.4. The molecule has 378 valence electrons. The standard InChI is InChI=1S/C34H53N8O11.2C2HF3O2/c1-3-41-21-8-7-19(12-22(21)42(4-2)27(41)15-40(18-45)34-32(35)38-33-20(37-34)9-10-36-33)6-5-11-39(13-23(46)28(50)30(52)25(48)16-43)14-24(47)29(51)31(53)26(49)17-44;2*3-2(4,5)1(6)7/h7-10,12,18,23-26,28-31,43-44,46-53H,3-6,11,13-17H2,1-2H3,(H3,35,36,38);2*(H,6,7)/q+1;;/p-1/t23-,24-,25+,26+,28+,29+,30+,31+;;/m0../s1. The summed E-state index contributed by atoms with van der Waals surface area (Å²) in [6, 6.07) is 7.71. The number of benzene rings is 1. The number of nitrogens with zero attached hydrogens (tertiary/aromatic N) is 6. The monoisotopic (exact) mass is 976 g/mol. The molecular formula is C38H54F6N8O15. The van der Waals surface area contributed by atoms with Crippen LogP contribution in [0.25, 0.3) is 22.2 Å². The second-order valence-corrected chi connectivity index (χ2v) is 14.7. The minimum absolute atomic E-state index is 0.104. The summed E-state index contributed by atoms with van der Waals surface area (Å²) in [4.78, 5) is 44.8. The number of rotatable bonds is 22. The van der Waals surface area contributed by atoms with Gasteiger partial charge in [0.25, 0.3) is 5.82 Å². The number of aryl methyl sites for hydroxylation is 3. The average Bonchev–Trinajstić information content (AvgIpc) is 3.86. The molecule has 0 unspecified atom stereocenters. The Morgan fingerprint density at radius 1 is 0.866 bits per heavy atom. The number of amides is 1. The fourth-order valence-corrected chi connectivity index (χ4v) is 6.50. The van der Waals surface area contributed by atoms with Crippen LogP contribution in [0.1, 0.15) is 31.7 Å². The molecule has 0 bridgehead atoms. The number of hydrogen-bond acceptors (Lipinski definition) is 18. The number of aliphatic hydroxyl groups excluding tert-OH is 10. The van der Waals surface area contributed by atoms with Crippen molar-refractivity contribution < 1.29 is 107 Å². The minimum atomic E-state index is -5.19. The van der Waals surface area contributed by atoms with E-state index in [2.05, 4.69) is 24.1 Å². The zero-order valence-electron chi connectivity index (χ0n) is 35.7. The number of aromatic nitrogens is 5. The lowest BCUT2D eigenvalue weighted by atomic mass is 10.0. The Hall–Kier alpha value is -5.34. The molecule has 29 heteroatoms. The summed E-state index contributed by atoms with van der Waals surface area (Å²) in [5.41, 5.74) is 10.1. The largest absolute Gasteiger partial charge is 0.542 e. The first-order valence-corrected chi connectivity index (χ1v) is 20.0. The van der Waals surface area contributed by atoms with Crippen molar-refractivity contribution in [1.29, 1.82) is 0 Å². The Morgan fingerprint density at radius 3 is 1.81 bits per heavy atom. The highest BCUT2D eigenvalue weighted by molar-refractivity contribution is 5.84. The van der Waals surface area contributed by atoms with Gasteiger partial charge in [0.1, 0.15) is 54.7 Å². The Labute approximate surface area is 375 Å². The lowest BCUT2D eigenvalue weighted by molar-refractivity contribution is -0.676. The molecule has 0 aliphatic heterocycles. The van der Waals surface area contributed by atoms with Crippen molar-refractivity contribution >= 4 is 52.2 Å². The molecule has 0 spiro atoms. The summed E-state index contributed by atoms with van der Waals surface area (Å²) in [7, 11) is 0. The number of hydrogen-bond donors (Lipinski definition) is 13. The van der Waals surface area contributed by atoms with E-state index in [0.29, 0.717) is 43.5 Å². The highest BCUT2D eigenvalue weighted by atomic mass is 19.4. The number of anilines is 2. The van der Waals surface area contributed by atoms with Crippen LogP contribution in [0.15, 0.2) is 30.5 Å². The predicted octanol–water partition coefficient (Wildman–Crippen LogP) is -3.98. The van der Waals surface area contributed by atoms with Gasteiger partial charge in [0.2, 0.25) is 6.41 Å². The molecule has 0 aliphatic carbocycles. The first kappa shape index (κ1) is 57.8. The van der Waals surface area contributed by atoms with Gasteiger partial charge in [-0.05, 0) is 57.0 Å². The number of carbonyl (C=O) groups is 3. The van der Waals surface area contributed by atoms with Crippen molar-refractivity contribution in [3.63, 3.8) is 0 Å². The van der Waals surface area contributed by atoms with E-state index < -0.39 is 86.3 Å². The van der Waals surface area contributed by atoms with Crippen LogP contribution in [0.4, 0.5) is 38.0 Å². The Morgan fingerprint density at radius 2 is 1.37 bits per heavy atom. The summed E-state index contributed by atoms with van der Waals surface area (Å²) >= 11 is 0. The van der Waals surface area contributed by atoms with Crippen LogP contribution in [0.2, 0.25) is 0 Å². The van der Waals surface area contributed by atoms with Crippen LogP contribution in [-0.2, 0) is 40.4 Å². The van der Waals surface area contributed by atoms with Crippen LogP contribution < -0.4 is 20.3 Å². The van der Waals surface area contributed by atoms with Crippen molar-refractivity contribution in [3.8, 4) is 0 Å². The topological polar surface area (TPSA) is 380 Å². The van der Waals surface area contributed by atoms with Crippen molar-refractivity contribution in [2.75, 3.05) is 43.5 Å². The molecule has 23 nitrogen and oxygen atoms in total. The fraction of sp³-hybridized carbons (Fsp3) is 0.579. The SMILES string of the molecule is CCn1c(CN(C=O)c2nc3cc[nH]c3nc2N)[n+](CC)c2cc(CCCN(C[C@H](O)[C@@H](O)[C@H](O)[C@H](O)CO)C[C@H](O)[C@@H](O)[C@H](O)[C@H](O)CO)ccc21.O=C(O)C(F)(F)F.O=C([O-])C(F)(F)F. The molecule has 4 aromatic rings. The van der Waals surface area contributed by atoms with E-state index in [1.165, 1.54) is 9.80 Å². The summed E-state index contributed by atoms with van der Waals surface area (Å²) < 4.78 is 67.5. The molecule has 14 N–H and O–H groups in total. The lowest BCUT2D eigenvalue weighted by Crippen LogP contribution is -2.53. The molecule has 0 aliphatic rings. The summed E-state index contributed by atoms with van der Waals surface area (Å²) in [6.45, 7) is 3.09. The maximum atomic E-state index is 12.4. The average molecular weight is 977 g/mol. The van der Waals surface area contributed by atoms with E-state index in [1.807, 2.05) is 32.0 Å². The van der Waals surface area contributed by atoms with Crippen molar-refractivity contribution in [1.82, 2.24) is 24.4 Å². The smallest absolute Gasteiger partial charge is 0.490 e. The van der Waals surface area contributed by atoms with Gasteiger partial charge in [-0.25, -0.2) is 23.9 Å². The van der Waals surface area contributed by atoms with E-state index in [-0.39, 0.29) is 37.8 Å². The summed E-state index contributed by atoms with van der Waals surface area (Å²) in [5, 5.41) is 116. The second kappa shape index (κ2) is 25.7. The van der Waals surface area contributed by atoms with Crippen LogP contribution in [0, 0.1) is 0 Å². The van der Waals surface area contributed by atoms with Gasteiger partial charge < -0.3 is 76.8 Å². The number of carboxylic acid groups (broad SMARTS) is 2. The normalized spacial score (nSPS) is 15.6. The molecule has 0 radical (unpaired) electrons. The number of alkyl halides is 6. The molecule has 0 saturated carbocycles. The molecule has 4 rings (SSSR count). The number of halogens is 6. The van der Waals surface area contributed by atoms with Gasteiger partial charge in [-0.3, -0.25) is 14.6 Å². The molecule has 1 aromatic carbocycles. The van der Waals surface area contributed by atoms with E-state index in [1.54, 1.807) is 12.3 Å². The fourth-order valence-electron chi connectivity index (χ4n) is 6.50. The highest BCUT2D eigenvalue weighted by Gasteiger charge is 2.38. The third-order valence-electron chi connectivity index (χ3n) is 9.93. The van der Waals surface area contributed by atoms with E-state index in [4.69, 9.17) is 35.7 Å². The first-order chi connectivity index (χ1) is 31.2. The first-order valence-electron chi connectivity index (χ1n) is 20.0. The number of nitrogens with two attached hydrogens (primary N) is 1. The summed E-state index contributed by atoms with van der Waals surface area (Å²) in [6.07, 6.45) is -21.2. The van der Waals surface area contributed by atoms with Crippen LogP contribution in [0.5, 0.6) is 0 Å². The van der Waals surface area contributed by atoms with Crippen LogP contribution >= 0.6 is 0 Å². The number of fused-ring (bicyclic) bond motifs is 2. The third kappa shape index (κ3) is 16.2. The van der Waals surface area contributed by atoms with Crippen molar-refractivity contribution in [2.45, 2.75) is 108 Å². The molecule has 3 aromatic heterocycles. The van der Waals surface area contributed by atoms with Crippen molar-refractivity contribution in [3.05, 3.63) is 41.9 Å². The molecular weight excluding hydrogens is 922 g/mol. The maximum Gasteiger partial charge on any atom is 0.490 e. The molecule has 0 saturated heterocycles. The number of aliphatic carboxylic acids is 2. The quantitative estimate of drug-likeness (QED) is 0.0203. The lowest BCUT2D eigenvalue weighted by Gasteiger charge is -2.33. The number of carboxylic acids is 2. The van der Waals surface area contributed by atoms with Gasteiger partial charge in [0.15, 0.2) is 28.3 Å². The zero-order chi connectivity index (χ0) is 51.1. The highest BCUT2D eigenvalue weighted by Crippen LogP contribution is 2.25. The Bertz CT molecular complexity index is 2140. The van der Waals surface area contributed by atoms with Gasteiger partial charge in [0.05, 0.1) is 38.5 Å². The number of nitrogens with one attached hydrogen (secondary N) is 1. The van der Waals surface area contributed by atoms with Gasteiger partial charge in [0, 0.05) is 19.3 Å². The number of imidazole rings is 1. The molecule has 67 heavy (non-hydrogen) atoms. The van der Waals surface area contributed by atoms with Gasteiger partial charge in [-0.1, -0.05) is 6.07 Å². The summed E-state index contributed by atoms with van der Waals surface area (Å²) in [5.74, 6) is -4.59. The second-order valence-electron chi connectivity index (χ2n) is 14.7. The van der Waals surface area contributed by atoms with Gasteiger partial charge in [-0.2, -0.15) is 26.3 Å². The van der Waals surface area contributed by atoms with Gasteiger partial charge >= 0.3 is 18.3 Å². The number of nitrogen functional groups attached to an aromatic ring is 1. The van der Waals surface area contributed by atoms with Crippen molar-refractivity contribution in [2.24, 2.45) is 0 Å². The Balaban J connectivity index is 0.000000952. The Kier molecular flexibility index (Phi) is 22.2. The number of carbonyl (C=O) groups excluding carboxylic acids is 2. The number of aliphatic hydroxyl groups is 10. The van der Waals surface area contributed by atoms with Crippen LogP contribution in [0.3, 0.4) is 0 Å². The van der Waals surface area contributed by atoms with Crippen LogP contribution in [-0.4, -0.2) is 193 Å². The number of H-pyrrole nitrogens is 1. The number of aromatic amines is 1. The predicted molar refractivity (Wildman–Crippen MR) is 216 cm³/mol. The molecule has 3 heterocycles. The zero-order valence-corrected chi connectivity index (χ0v) is 35.7. The van der Waals surface area contributed by atoms with E-state index in [9.17, 15) is 72.0 Å². The molecule has 8 atom stereocenters. The molecule has 0 fully saturated rings. The van der Waals surface area contributed by atoms with E-state index in [0.717, 1.165) is 22.4 Å². The van der Waals surface area contributed by atoms with Gasteiger partial charge in [-0.15, -0.1) is 0 Å². The minimum Gasteiger partial charge on any atom is -0.542 e. The van der Waals surface area contributed by atoms with E-state index >= 15 is 0 Å². The third-order valence-corrected chi connectivity index (χ3v) is 9.93. The molecule has 1 amide bonds.